The minimum atomic E-state index is 0.565. The van der Waals surface area contributed by atoms with Crippen molar-refractivity contribution < 1.29 is 0 Å². The lowest BCUT2D eigenvalue weighted by Gasteiger charge is -2.57. The third kappa shape index (κ3) is 2.09. The lowest BCUT2D eigenvalue weighted by molar-refractivity contribution is -0.00837. The van der Waals surface area contributed by atoms with Crippen molar-refractivity contribution in [2.75, 3.05) is 0 Å². The van der Waals surface area contributed by atoms with Crippen LogP contribution in [0, 0.1) is 22.7 Å². The van der Waals surface area contributed by atoms with E-state index in [1.165, 1.54) is 64.2 Å². The molecule has 3 rings (SSSR count). The molecule has 0 spiro atoms. The first-order valence-corrected chi connectivity index (χ1v) is 9.25. The van der Waals surface area contributed by atoms with Crippen LogP contribution in [0.25, 0.3) is 0 Å². The molecule has 0 aliphatic heterocycles. The van der Waals surface area contributed by atoms with Crippen molar-refractivity contribution in [3.63, 3.8) is 0 Å². The summed E-state index contributed by atoms with van der Waals surface area (Å²) in [5.74, 6) is 1.96. The minimum absolute atomic E-state index is 0.565. The predicted octanol–water partition coefficient (Wildman–Crippen LogP) is 6.51. The number of hydrogen-bond donors (Lipinski definition) is 0. The van der Waals surface area contributed by atoms with Crippen molar-refractivity contribution in [1.82, 2.24) is 0 Å². The molecule has 1 saturated carbocycles. The van der Waals surface area contributed by atoms with E-state index in [1.54, 1.807) is 0 Å². The minimum Gasteiger partial charge on any atom is -0.0702 e. The Balaban J connectivity index is 1.94. The second kappa shape index (κ2) is 5.18. The standard InChI is InChI=1S/C20H34/c1-5-15-8-10-17-16(14-15)9-11-18-19(3,6-2)12-7-13-20(17,18)4/h15,18H,5-14H2,1-4H3/t15?,18-,19+,20?/m0/s1. The maximum absolute atomic E-state index is 2.64. The van der Waals surface area contributed by atoms with Gasteiger partial charge in [-0.25, -0.2) is 0 Å². The van der Waals surface area contributed by atoms with Crippen molar-refractivity contribution in [3.8, 4) is 0 Å². The van der Waals surface area contributed by atoms with Crippen LogP contribution in [0.1, 0.15) is 91.9 Å². The lowest BCUT2D eigenvalue weighted by Crippen LogP contribution is -2.47. The Morgan fingerprint density at radius 1 is 1.05 bits per heavy atom. The summed E-state index contributed by atoms with van der Waals surface area (Å²) in [7, 11) is 0. The molecule has 0 amide bonds. The van der Waals surface area contributed by atoms with Gasteiger partial charge in [-0.15, -0.1) is 0 Å². The number of rotatable bonds is 2. The van der Waals surface area contributed by atoms with Crippen LogP contribution in [0.15, 0.2) is 11.1 Å². The Morgan fingerprint density at radius 2 is 1.85 bits per heavy atom. The molecule has 2 unspecified atom stereocenters. The molecule has 0 heterocycles. The summed E-state index contributed by atoms with van der Waals surface area (Å²) in [6.07, 6.45) is 14.4. The highest BCUT2D eigenvalue weighted by molar-refractivity contribution is 5.30. The summed E-state index contributed by atoms with van der Waals surface area (Å²) < 4.78 is 0. The number of allylic oxidation sites excluding steroid dienone is 2. The smallest absolute Gasteiger partial charge is 0.00802 e. The Labute approximate surface area is 126 Å². The van der Waals surface area contributed by atoms with E-state index in [0.29, 0.717) is 10.8 Å². The van der Waals surface area contributed by atoms with Gasteiger partial charge in [0.25, 0.3) is 0 Å². The maximum Gasteiger partial charge on any atom is -0.00802 e. The van der Waals surface area contributed by atoms with Gasteiger partial charge in [-0.1, -0.05) is 58.1 Å². The molecule has 0 aromatic rings. The van der Waals surface area contributed by atoms with Crippen LogP contribution in [0.4, 0.5) is 0 Å². The maximum atomic E-state index is 2.64. The van der Waals surface area contributed by atoms with Gasteiger partial charge in [0.1, 0.15) is 0 Å². The normalized spacial score (nSPS) is 45.0. The summed E-state index contributed by atoms with van der Waals surface area (Å²) >= 11 is 0. The molecule has 0 saturated heterocycles. The van der Waals surface area contributed by atoms with Gasteiger partial charge < -0.3 is 0 Å². The van der Waals surface area contributed by atoms with Crippen molar-refractivity contribution in [1.29, 1.82) is 0 Å². The summed E-state index contributed by atoms with van der Waals surface area (Å²) in [5, 5.41) is 0. The zero-order chi connectivity index (χ0) is 14.4. The lowest BCUT2D eigenvalue weighted by atomic mass is 9.47. The van der Waals surface area contributed by atoms with Gasteiger partial charge in [-0.05, 0) is 67.6 Å². The quantitative estimate of drug-likeness (QED) is 0.503. The molecule has 0 heteroatoms. The van der Waals surface area contributed by atoms with E-state index in [2.05, 4.69) is 27.7 Å². The van der Waals surface area contributed by atoms with Gasteiger partial charge in [-0.2, -0.15) is 0 Å². The van der Waals surface area contributed by atoms with Crippen LogP contribution in [-0.2, 0) is 0 Å². The molecule has 0 radical (unpaired) electrons. The highest BCUT2D eigenvalue weighted by atomic mass is 14.6. The zero-order valence-electron chi connectivity index (χ0n) is 14.2. The van der Waals surface area contributed by atoms with Crippen molar-refractivity contribution in [3.05, 3.63) is 11.1 Å². The van der Waals surface area contributed by atoms with Crippen LogP contribution < -0.4 is 0 Å². The van der Waals surface area contributed by atoms with Crippen LogP contribution >= 0.6 is 0 Å². The Kier molecular flexibility index (Phi) is 3.80. The number of fused-ring (bicyclic) bond motifs is 2. The Bertz CT molecular complexity index is 404. The fourth-order valence-electron chi connectivity index (χ4n) is 6.14. The average molecular weight is 274 g/mol. The molecule has 0 bridgehead atoms. The van der Waals surface area contributed by atoms with Gasteiger partial charge >= 0.3 is 0 Å². The topological polar surface area (TPSA) is 0 Å². The van der Waals surface area contributed by atoms with Crippen LogP contribution in [0.3, 0.4) is 0 Å². The average Bonchev–Trinajstić information content (AvgIpc) is 2.46. The summed E-state index contributed by atoms with van der Waals surface area (Å²) in [5.41, 5.74) is 5.03. The van der Waals surface area contributed by atoms with E-state index in [4.69, 9.17) is 0 Å². The molecule has 0 aromatic carbocycles. The molecule has 1 fully saturated rings. The van der Waals surface area contributed by atoms with Crippen molar-refractivity contribution >= 4 is 0 Å². The molecule has 0 nitrogen and oxygen atoms in total. The highest BCUT2D eigenvalue weighted by Crippen LogP contribution is 2.62. The van der Waals surface area contributed by atoms with Gasteiger partial charge in [-0.3, -0.25) is 0 Å². The van der Waals surface area contributed by atoms with Gasteiger partial charge in [0, 0.05) is 0 Å². The summed E-state index contributed by atoms with van der Waals surface area (Å²) in [4.78, 5) is 0. The van der Waals surface area contributed by atoms with Crippen LogP contribution in [-0.4, -0.2) is 0 Å². The second-order valence-electron chi connectivity index (χ2n) is 8.47. The van der Waals surface area contributed by atoms with Gasteiger partial charge in [0.2, 0.25) is 0 Å². The fourth-order valence-corrected chi connectivity index (χ4v) is 6.14. The Hall–Kier alpha value is -0.260. The zero-order valence-corrected chi connectivity index (χ0v) is 14.2. The summed E-state index contributed by atoms with van der Waals surface area (Å²) in [6, 6.07) is 0. The molecule has 0 aromatic heterocycles. The fraction of sp³-hybridized carbons (Fsp3) is 0.900. The predicted molar refractivity (Wildman–Crippen MR) is 87.7 cm³/mol. The Morgan fingerprint density at radius 3 is 2.55 bits per heavy atom. The molecular weight excluding hydrogens is 240 g/mol. The second-order valence-corrected chi connectivity index (χ2v) is 8.47. The first-order valence-electron chi connectivity index (χ1n) is 9.25. The van der Waals surface area contributed by atoms with E-state index < -0.39 is 0 Å². The van der Waals surface area contributed by atoms with E-state index in [0.717, 1.165) is 11.8 Å². The molecule has 114 valence electrons. The summed E-state index contributed by atoms with van der Waals surface area (Å²) in [6.45, 7) is 10.1. The van der Waals surface area contributed by atoms with Gasteiger partial charge in [0.15, 0.2) is 0 Å². The first kappa shape index (κ1) is 14.7. The van der Waals surface area contributed by atoms with Crippen LogP contribution in [0.2, 0.25) is 0 Å². The highest BCUT2D eigenvalue weighted by Gasteiger charge is 2.51. The van der Waals surface area contributed by atoms with E-state index in [9.17, 15) is 0 Å². The van der Waals surface area contributed by atoms with Crippen molar-refractivity contribution in [2.24, 2.45) is 22.7 Å². The monoisotopic (exact) mass is 274 g/mol. The SMILES string of the molecule is CCC1CCC2=C(CC[C@@H]3C2(C)CCC[C@@]3(C)CC)C1. The molecular formula is C20H34. The third-order valence-electron chi connectivity index (χ3n) is 7.63. The van der Waals surface area contributed by atoms with Gasteiger partial charge in [0.05, 0.1) is 0 Å². The van der Waals surface area contributed by atoms with Crippen molar-refractivity contribution in [2.45, 2.75) is 91.9 Å². The van der Waals surface area contributed by atoms with Crippen LogP contribution in [0.5, 0.6) is 0 Å². The number of hydrogen-bond acceptors (Lipinski definition) is 0. The van der Waals surface area contributed by atoms with E-state index in [1.807, 2.05) is 11.1 Å². The van der Waals surface area contributed by atoms with E-state index in [-0.39, 0.29) is 0 Å². The largest absolute Gasteiger partial charge is 0.0702 e. The molecule has 3 aliphatic rings. The third-order valence-corrected chi connectivity index (χ3v) is 7.63. The molecule has 4 atom stereocenters. The molecule has 0 N–H and O–H groups in total. The first-order chi connectivity index (χ1) is 9.53. The molecule has 3 aliphatic carbocycles. The molecule has 20 heavy (non-hydrogen) atoms. The van der Waals surface area contributed by atoms with E-state index >= 15 is 0 Å².